The molecule has 3 rings (SSSR count). The molecule has 0 saturated carbocycles. The second kappa shape index (κ2) is 8.42. The largest absolute Gasteiger partial charge is 0.469 e. The molecule has 27 heavy (non-hydrogen) atoms. The Morgan fingerprint density at radius 1 is 1.11 bits per heavy atom. The van der Waals surface area contributed by atoms with Crippen LogP contribution >= 0.6 is 11.6 Å². The van der Waals surface area contributed by atoms with Crippen LogP contribution in [0.25, 0.3) is 0 Å². The number of furan rings is 1. The van der Waals surface area contributed by atoms with E-state index in [1.54, 1.807) is 37.3 Å². The van der Waals surface area contributed by atoms with E-state index in [9.17, 15) is 9.59 Å². The van der Waals surface area contributed by atoms with Crippen LogP contribution in [-0.4, -0.2) is 18.5 Å². The summed E-state index contributed by atoms with van der Waals surface area (Å²) in [4.78, 5) is 24.1. The Labute approximate surface area is 160 Å². The van der Waals surface area contributed by atoms with Crippen LogP contribution in [0, 0.1) is 6.92 Å². The van der Waals surface area contributed by atoms with E-state index in [4.69, 9.17) is 25.5 Å². The van der Waals surface area contributed by atoms with Crippen molar-refractivity contribution in [2.75, 3.05) is 11.9 Å². The molecular formula is C20H16ClNO5. The van der Waals surface area contributed by atoms with Crippen LogP contribution in [0.2, 0.25) is 5.02 Å². The van der Waals surface area contributed by atoms with Crippen LogP contribution in [0.1, 0.15) is 16.1 Å². The van der Waals surface area contributed by atoms with Crippen molar-refractivity contribution in [3.8, 4) is 11.5 Å². The number of rotatable bonds is 6. The van der Waals surface area contributed by atoms with E-state index in [0.29, 0.717) is 28.0 Å². The molecular weight excluding hydrogens is 370 g/mol. The summed E-state index contributed by atoms with van der Waals surface area (Å²) in [5.41, 5.74) is 0.644. The van der Waals surface area contributed by atoms with Gasteiger partial charge in [-0.2, -0.15) is 0 Å². The standard InChI is InChI=1S/C20H16ClNO5/c1-13-16(9-10-25-13)20(24)26-12-19(23)22-17-11-14(21)7-8-18(17)27-15-5-3-2-4-6-15/h2-11H,12H2,1H3,(H,22,23). The van der Waals surface area contributed by atoms with Crippen molar-refractivity contribution in [2.45, 2.75) is 6.92 Å². The Hall–Kier alpha value is -3.25. The van der Waals surface area contributed by atoms with E-state index in [-0.39, 0.29) is 5.56 Å². The molecule has 138 valence electrons. The molecule has 1 N–H and O–H groups in total. The molecule has 0 radical (unpaired) electrons. The number of carbonyl (C=O) groups excluding carboxylic acids is 2. The van der Waals surface area contributed by atoms with Crippen molar-refractivity contribution in [2.24, 2.45) is 0 Å². The fourth-order valence-corrected chi connectivity index (χ4v) is 2.47. The summed E-state index contributed by atoms with van der Waals surface area (Å²) in [6.45, 7) is 1.18. The van der Waals surface area contributed by atoms with Crippen molar-refractivity contribution in [3.63, 3.8) is 0 Å². The number of para-hydroxylation sites is 1. The lowest BCUT2D eigenvalue weighted by molar-refractivity contribution is -0.119. The minimum absolute atomic E-state index is 0.277. The number of amides is 1. The van der Waals surface area contributed by atoms with Gasteiger partial charge in [0.2, 0.25) is 0 Å². The molecule has 0 atom stereocenters. The Kier molecular flexibility index (Phi) is 5.78. The van der Waals surface area contributed by atoms with Gasteiger partial charge in [-0.1, -0.05) is 29.8 Å². The molecule has 6 nitrogen and oxygen atoms in total. The van der Waals surface area contributed by atoms with Crippen molar-refractivity contribution in [1.82, 2.24) is 0 Å². The van der Waals surface area contributed by atoms with E-state index >= 15 is 0 Å². The highest BCUT2D eigenvalue weighted by atomic mass is 35.5. The maximum Gasteiger partial charge on any atom is 0.342 e. The van der Waals surface area contributed by atoms with Crippen molar-refractivity contribution >= 4 is 29.2 Å². The fraction of sp³-hybridized carbons (Fsp3) is 0.100. The van der Waals surface area contributed by atoms with Gasteiger partial charge in [0.05, 0.1) is 12.0 Å². The zero-order valence-electron chi connectivity index (χ0n) is 14.4. The number of halogens is 1. The van der Waals surface area contributed by atoms with Gasteiger partial charge >= 0.3 is 5.97 Å². The Morgan fingerprint density at radius 3 is 2.59 bits per heavy atom. The minimum Gasteiger partial charge on any atom is -0.469 e. The summed E-state index contributed by atoms with van der Waals surface area (Å²) in [6, 6.07) is 15.4. The number of benzene rings is 2. The molecule has 7 heteroatoms. The van der Waals surface area contributed by atoms with E-state index in [1.807, 2.05) is 18.2 Å². The topological polar surface area (TPSA) is 77.8 Å². The lowest BCUT2D eigenvalue weighted by Crippen LogP contribution is -2.21. The summed E-state index contributed by atoms with van der Waals surface area (Å²) in [7, 11) is 0. The van der Waals surface area contributed by atoms with Gasteiger partial charge in [0.25, 0.3) is 5.91 Å². The first-order chi connectivity index (χ1) is 13.0. The normalized spacial score (nSPS) is 10.3. The summed E-state index contributed by atoms with van der Waals surface area (Å²) < 4.78 is 15.8. The number of nitrogens with one attached hydrogen (secondary N) is 1. The first-order valence-corrected chi connectivity index (χ1v) is 8.44. The first-order valence-electron chi connectivity index (χ1n) is 8.06. The van der Waals surface area contributed by atoms with E-state index in [2.05, 4.69) is 5.32 Å². The second-order valence-corrected chi connectivity index (χ2v) is 6.01. The van der Waals surface area contributed by atoms with Crippen molar-refractivity contribution in [3.05, 3.63) is 77.2 Å². The van der Waals surface area contributed by atoms with Crippen LogP contribution in [0.4, 0.5) is 5.69 Å². The number of ether oxygens (including phenoxy) is 2. The monoisotopic (exact) mass is 385 g/mol. The van der Waals surface area contributed by atoms with Crippen LogP contribution < -0.4 is 10.1 Å². The Morgan fingerprint density at radius 2 is 1.89 bits per heavy atom. The number of carbonyl (C=O) groups is 2. The van der Waals surface area contributed by atoms with Gasteiger partial charge in [-0.25, -0.2) is 4.79 Å². The summed E-state index contributed by atoms with van der Waals surface area (Å²) in [5, 5.41) is 3.07. The predicted octanol–water partition coefficient (Wildman–Crippen LogP) is 4.83. The summed E-state index contributed by atoms with van der Waals surface area (Å²) in [6.07, 6.45) is 1.38. The summed E-state index contributed by atoms with van der Waals surface area (Å²) >= 11 is 6.01. The van der Waals surface area contributed by atoms with Crippen LogP contribution in [0.15, 0.2) is 65.3 Å². The number of anilines is 1. The SMILES string of the molecule is Cc1occc1C(=O)OCC(=O)Nc1cc(Cl)ccc1Oc1ccccc1. The molecule has 1 aromatic heterocycles. The lowest BCUT2D eigenvalue weighted by atomic mass is 10.2. The average Bonchev–Trinajstić information content (AvgIpc) is 3.09. The van der Waals surface area contributed by atoms with Crippen LogP contribution in [-0.2, 0) is 9.53 Å². The van der Waals surface area contributed by atoms with Gasteiger partial charge in [0, 0.05) is 5.02 Å². The molecule has 0 aliphatic rings. The minimum atomic E-state index is -0.636. The molecule has 0 unspecified atom stereocenters. The smallest absolute Gasteiger partial charge is 0.342 e. The highest BCUT2D eigenvalue weighted by Gasteiger charge is 2.16. The Balaban J connectivity index is 1.65. The highest BCUT2D eigenvalue weighted by Crippen LogP contribution is 2.32. The molecule has 0 aliphatic carbocycles. The first kappa shape index (κ1) is 18.5. The molecule has 1 amide bonds. The van der Waals surface area contributed by atoms with Gasteiger partial charge in [0.1, 0.15) is 17.1 Å². The van der Waals surface area contributed by atoms with E-state index in [1.165, 1.54) is 12.3 Å². The molecule has 3 aromatic rings. The highest BCUT2D eigenvalue weighted by molar-refractivity contribution is 6.31. The third-order valence-electron chi connectivity index (χ3n) is 3.60. The third kappa shape index (κ3) is 4.89. The predicted molar refractivity (Wildman–Crippen MR) is 100 cm³/mol. The van der Waals surface area contributed by atoms with Crippen LogP contribution in [0.5, 0.6) is 11.5 Å². The second-order valence-electron chi connectivity index (χ2n) is 5.57. The molecule has 0 bridgehead atoms. The number of hydrogen-bond acceptors (Lipinski definition) is 5. The van der Waals surface area contributed by atoms with Gasteiger partial charge < -0.3 is 19.2 Å². The summed E-state index contributed by atoms with van der Waals surface area (Å²) in [5.74, 6) is 0.287. The molecule has 0 saturated heterocycles. The number of aryl methyl sites for hydroxylation is 1. The van der Waals surface area contributed by atoms with Gasteiger partial charge in [0.15, 0.2) is 12.4 Å². The molecule has 2 aromatic carbocycles. The van der Waals surface area contributed by atoms with Crippen molar-refractivity contribution in [1.29, 1.82) is 0 Å². The molecule has 0 spiro atoms. The third-order valence-corrected chi connectivity index (χ3v) is 3.83. The molecule has 0 aliphatic heterocycles. The lowest BCUT2D eigenvalue weighted by Gasteiger charge is -2.13. The van der Waals surface area contributed by atoms with Gasteiger partial charge in [-0.05, 0) is 43.3 Å². The Bertz CT molecular complexity index is 952. The maximum atomic E-state index is 12.2. The molecule has 1 heterocycles. The van der Waals surface area contributed by atoms with E-state index in [0.717, 1.165) is 0 Å². The van der Waals surface area contributed by atoms with Gasteiger partial charge in [-0.15, -0.1) is 0 Å². The zero-order valence-corrected chi connectivity index (χ0v) is 15.2. The van der Waals surface area contributed by atoms with Crippen molar-refractivity contribution < 1.29 is 23.5 Å². The zero-order chi connectivity index (χ0) is 19.2. The van der Waals surface area contributed by atoms with Gasteiger partial charge in [-0.3, -0.25) is 4.79 Å². The fourth-order valence-electron chi connectivity index (χ4n) is 2.30. The average molecular weight is 386 g/mol. The number of hydrogen-bond donors (Lipinski definition) is 1. The van der Waals surface area contributed by atoms with Crippen LogP contribution in [0.3, 0.4) is 0 Å². The molecule has 0 fully saturated rings. The maximum absolute atomic E-state index is 12.2. The van der Waals surface area contributed by atoms with E-state index < -0.39 is 18.5 Å². The quantitative estimate of drug-likeness (QED) is 0.615. The number of esters is 1.